The summed E-state index contributed by atoms with van der Waals surface area (Å²) in [5.74, 6) is -1.91. The van der Waals surface area contributed by atoms with Gasteiger partial charge < -0.3 is 0 Å². The summed E-state index contributed by atoms with van der Waals surface area (Å²) in [5, 5.41) is 0. The summed E-state index contributed by atoms with van der Waals surface area (Å²) in [7, 11) is 0. The zero-order valence-corrected chi connectivity index (χ0v) is 8.33. The molecule has 0 saturated carbocycles. The van der Waals surface area contributed by atoms with Crippen LogP contribution in [0.25, 0.3) is 0 Å². The predicted octanol–water partition coefficient (Wildman–Crippen LogP) is 4.51. The third-order valence-electron chi connectivity index (χ3n) is 2.33. The van der Waals surface area contributed by atoms with Crippen molar-refractivity contribution in [1.29, 1.82) is 0 Å². The second-order valence-corrected chi connectivity index (χ2v) is 3.29. The van der Waals surface area contributed by atoms with E-state index in [-0.39, 0.29) is 12.2 Å². The van der Waals surface area contributed by atoms with Crippen molar-refractivity contribution in [1.82, 2.24) is 0 Å². The fourth-order valence-corrected chi connectivity index (χ4v) is 1.60. The maximum atomic E-state index is 13.0. The van der Waals surface area contributed by atoms with Crippen molar-refractivity contribution in [2.45, 2.75) is 33.1 Å². The topological polar surface area (TPSA) is 0 Å². The lowest BCUT2D eigenvalue weighted by Gasteiger charge is -2.14. The number of allylic oxidation sites excluding steroid dienone is 6. The molecule has 0 N–H and O–H groups in total. The van der Waals surface area contributed by atoms with Crippen LogP contribution in [0.1, 0.15) is 33.1 Å². The zero-order chi connectivity index (χ0) is 10.7. The Bertz CT molecular complexity index is 317. The largest absolute Gasteiger partial charge is 0.212 e. The third kappa shape index (κ3) is 2.28. The first-order valence-corrected chi connectivity index (χ1v) is 4.66. The monoisotopic (exact) mass is 202 g/mol. The summed E-state index contributed by atoms with van der Waals surface area (Å²) in [5.41, 5.74) is 1.07. The van der Waals surface area contributed by atoms with E-state index in [9.17, 15) is 13.2 Å². The fraction of sp³-hybridized carbons (Fsp3) is 0.455. The average Bonchev–Trinajstić information content (AvgIpc) is 2.11. The van der Waals surface area contributed by atoms with Crippen molar-refractivity contribution in [2.24, 2.45) is 0 Å². The molecule has 0 saturated heterocycles. The Balaban J connectivity index is 3.02. The molecule has 1 aliphatic carbocycles. The van der Waals surface area contributed by atoms with Crippen LogP contribution in [0.2, 0.25) is 0 Å². The van der Waals surface area contributed by atoms with Gasteiger partial charge in [0.05, 0.1) is 0 Å². The summed E-state index contributed by atoms with van der Waals surface area (Å²) >= 11 is 0. The minimum atomic E-state index is -0.863. The maximum Gasteiger partial charge on any atom is 0.154 e. The SMILES string of the molecule is CC/C(C1=CC(F)=C(F)CC1)=C(\C)F. The van der Waals surface area contributed by atoms with Gasteiger partial charge in [-0.15, -0.1) is 0 Å². The minimum Gasteiger partial charge on any atom is -0.212 e. The molecule has 0 heterocycles. The van der Waals surface area contributed by atoms with E-state index in [2.05, 4.69) is 0 Å². The molecule has 0 fully saturated rings. The van der Waals surface area contributed by atoms with Crippen molar-refractivity contribution >= 4 is 0 Å². The average molecular weight is 202 g/mol. The Morgan fingerprint density at radius 3 is 2.43 bits per heavy atom. The molecule has 0 aromatic rings. The van der Waals surface area contributed by atoms with Gasteiger partial charge in [-0.25, -0.2) is 13.2 Å². The summed E-state index contributed by atoms with van der Waals surface area (Å²) < 4.78 is 38.5. The molecule has 0 aromatic heterocycles. The normalized spacial score (nSPS) is 19.4. The molecular weight excluding hydrogens is 189 g/mol. The number of rotatable bonds is 2. The van der Waals surface area contributed by atoms with Crippen LogP contribution in [-0.2, 0) is 0 Å². The van der Waals surface area contributed by atoms with Gasteiger partial charge in [-0.1, -0.05) is 6.92 Å². The first-order valence-electron chi connectivity index (χ1n) is 4.66. The molecule has 14 heavy (non-hydrogen) atoms. The van der Waals surface area contributed by atoms with Crippen LogP contribution in [0, 0.1) is 0 Å². The molecule has 0 amide bonds. The highest BCUT2D eigenvalue weighted by Crippen LogP contribution is 2.32. The fourth-order valence-electron chi connectivity index (χ4n) is 1.60. The van der Waals surface area contributed by atoms with Gasteiger partial charge in [0.15, 0.2) is 5.83 Å². The van der Waals surface area contributed by atoms with Gasteiger partial charge in [0.1, 0.15) is 11.7 Å². The summed E-state index contributed by atoms with van der Waals surface area (Å²) in [6, 6.07) is 0. The molecule has 78 valence electrons. The number of halogens is 3. The highest BCUT2D eigenvalue weighted by atomic mass is 19.2. The second kappa shape index (κ2) is 4.49. The van der Waals surface area contributed by atoms with E-state index in [0.29, 0.717) is 24.0 Å². The highest BCUT2D eigenvalue weighted by Gasteiger charge is 2.16. The first-order chi connectivity index (χ1) is 6.56. The Morgan fingerprint density at radius 2 is 2.00 bits per heavy atom. The number of hydrogen-bond acceptors (Lipinski definition) is 0. The van der Waals surface area contributed by atoms with Crippen LogP contribution in [-0.4, -0.2) is 0 Å². The second-order valence-electron chi connectivity index (χ2n) is 3.29. The summed E-state index contributed by atoms with van der Waals surface area (Å²) in [4.78, 5) is 0. The lowest BCUT2D eigenvalue weighted by Crippen LogP contribution is -1.98. The molecule has 1 rings (SSSR count). The maximum absolute atomic E-state index is 13.0. The van der Waals surface area contributed by atoms with Crippen molar-refractivity contribution in [2.75, 3.05) is 0 Å². The molecule has 0 spiro atoms. The summed E-state index contributed by atoms with van der Waals surface area (Å²) in [6.45, 7) is 3.14. The molecule has 0 aliphatic heterocycles. The van der Waals surface area contributed by atoms with Crippen LogP contribution in [0.5, 0.6) is 0 Å². The molecule has 0 radical (unpaired) electrons. The van der Waals surface area contributed by atoms with Crippen molar-refractivity contribution in [3.63, 3.8) is 0 Å². The Hall–Kier alpha value is -0.990. The van der Waals surface area contributed by atoms with Gasteiger partial charge in [-0.05, 0) is 37.0 Å². The predicted molar refractivity (Wildman–Crippen MR) is 50.7 cm³/mol. The van der Waals surface area contributed by atoms with Gasteiger partial charge in [-0.3, -0.25) is 0 Å². The van der Waals surface area contributed by atoms with Gasteiger partial charge in [0, 0.05) is 6.42 Å². The van der Waals surface area contributed by atoms with E-state index >= 15 is 0 Å². The van der Waals surface area contributed by atoms with E-state index in [1.165, 1.54) is 6.92 Å². The van der Waals surface area contributed by atoms with Gasteiger partial charge >= 0.3 is 0 Å². The molecule has 1 aliphatic rings. The van der Waals surface area contributed by atoms with E-state index in [1.54, 1.807) is 6.92 Å². The zero-order valence-electron chi connectivity index (χ0n) is 8.33. The van der Waals surface area contributed by atoms with E-state index < -0.39 is 11.7 Å². The quantitative estimate of drug-likeness (QED) is 0.618. The number of hydrogen-bond donors (Lipinski definition) is 0. The lowest BCUT2D eigenvalue weighted by atomic mass is 9.94. The molecular formula is C11H13F3. The van der Waals surface area contributed by atoms with E-state index in [4.69, 9.17) is 0 Å². The van der Waals surface area contributed by atoms with Crippen LogP contribution in [0.4, 0.5) is 13.2 Å². The van der Waals surface area contributed by atoms with Gasteiger partial charge in [0.25, 0.3) is 0 Å². The van der Waals surface area contributed by atoms with E-state index in [1.807, 2.05) is 0 Å². The Morgan fingerprint density at radius 1 is 1.36 bits per heavy atom. The summed E-state index contributed by atoms with van der Waals surface area (Å²) in [6.07, 6.45) is 2.02. The van der Waals surface area contributed by atoms with Crippen LogP contribution < -0.4 is 0 Å². The third-order valence-corrected chi connectivity index (χ3v) is 2.33. The lowest BCUT2D eigenvalue weighted by molar-refractivity contribution is 0.510. The molecule has 0 nitrogen and oxygen atoms in total. The van der Waals surface area contributed by atoms with Crippen molar-refractivity contribution in [3.8, 4) is 0 Å². The van der Waals surface area contributed by atoms with Gasteiger partial charge in [-0.2, -0.15) is 0 Å². The standard InChI is InChI=1S/C11H13F3/c1-3-9(7(2)12)8-4-5-10(13)11(14)6-8/h6H,3-5H2,1-2H3/b9-7-. The Kier molecular flexibility index (Phi) is 3.55. The first kappa shape index (κ1) is 11.1. The van der Waals surface area contributed by atoms with E-state index in [0.717, 1.165) is 6.08 Å². The van der Waals surface area contributed by atoms with Gasteiger partial charge in [0.2, 0.25) is 0 Å². The smallest absolute Gasteiger partial charge is 0.154 e. The molecule has 0 atom stereocenters. The van der Waals surface area contributed by atoms with Crippen LogP contribution in [0.3, 0.4) is 0 Å². The molecule has 0 aromatic carbocycles. The molecule has 0 bridgehead atoms. The van der Waals surface area contributed by atoms with Crippen molar-refractivity contribution < 1.29 is 13.2 Å². The molecule has 3 heteroatoms. The molecule has 0 unspecified atom stereocenters. The van der Waals surface area contributed by atoms with Crippen LogP contribution in [0.15, 0.2) is 34.7 Å². The van der Waals surface area contributed by atoms with Crippen molar-refractivity contribution in [3.05, 3.63) is 34.7 Å². The minimum absolute atomic E-state index is 0.0362. The Labute approximate surface area is 81.8 Å². The highest BCUT2D eigenvalue weighted by molar-refractivity contribution is 5.40. The van der Waals surface area contributed by atoms with Crippen LogP contribution >= 0.6 is 0 Å².